The molecule has 0 aliphatic rings. The van der Waals surface area contributed by atoms with E-state index in [0.29, 0.717) is 30.3 Å². The van der Waals surface area contributed by atoms with E-state index in [1.807, 2.05) is 12.1 Å². The van der Waals surface area contributed by atoms with Crippen molar-refractivity contribution in [2.75, 3.05) is 20.3 Å². The normalized spacial score (nSPS) is 11.6. The van der Waals surface area contributed by atoms with Crippen molar-refractivity contribution in [3.05, 3.63) is 53.1 Å². The largest absolute Gasteiger partial charge is 0.497 e. The van der Waals surface area contributed by atoms with Crippen LogP contribution < -0.4 is 14.2 Å². The number of methoxy groups -OCH3 is 1. The summed E-state index contributed by atoms with van der Waals surface area (Å²) < 4.78 is 17.0. The minimum absolute atomic E-state index is 0.000232. The van der Waals surface area contributed by atoms with Crippen LogP contribution in [-0.4, -0.2) is 31.7 Å². The summed E-state index contributed by atoms with van der Waals surface area (Å²) in [4.78, 5) is 0. The van der Waals surface area contributed by atoms with E-state index in [2.05, 4.69) is 38.9 Å². The van der Waals surface area contributed by atoms with Gasteiger partial charge in [0.05, 0.1) is 13.3 Å². The van der Waals surface area contributed by atoms with E-state index in [1.54, 1.807) is 25.3 Å². The zero-order valence-electron chi connectivity index (χ0n) is 16.1. The zero-order chi connectivity index (χ0) is 19.2. The van der Waals surface area contributed by atoms with E-state index >= 15 is 0 Å². The van der Waals surface area contributed by atoms with Crippen molar-refractivity contribution in [1.29, 1.82) is 0 Å². The molecule has 0 aliphatic carbocycles. The molecule has 2 aromatic carbocycles. The Balaban J connectivity index is 2.04. The van der Waals surface area contributed by atoms with E-state index < -0.39 is 0 Å². The molecule has 140 valence electrons. The van der Waals surface area contributed by atoms with Gasteiger partial charge in [-0.1, -0.05) is 43.6 Å². The third-order valence-corrected chi connectivity index (χ3v) is 3.96. The van der Waals surface area contributed by atoms with Crippen LogP contribution in [0.2, 0.25) is 0 Å². The smallest absolute Gasteiger partial charge is 0.132 e. The van der Waals surface area contributed by atoms with Crippen molar-refractivity contribution in [2.24, 2.45) is 5.16 Å². The molecule has 0 aliphatic heterocycles. The molecule has 0 amide bonds. The van der Waals surface area contributed by atoms with Crippen molar-refractivity contribution in [3.63, 3.8) is 0 Å². The van der Waals surface area contributed by atoms with Crippen LogP contribution in [0.4, 0.5) is 0 Å². The van der Waals surface area contributed by atoms with Gasteiger partial charge in [-0.15, -0.1) is 0 Å². The fourth-order valence-corrected chi connectivity index (χ4v) is 2.59. The first kappa shape index (κ1) is 19.6. The number of hydrogen-bond donors (Lipinski definition) is 1. The summed E-state index contributed by atoms with van der Waals surface area (Å²) in [6.07, 6.45) is 1.33. The van der Waals surface area contributed by atoms with Crippen LogP contribution in [0, 0.1) is 6.92 Å². The van der Waals surface area contributed by atoms with E-state index in [9.17, 15) is 0 Å². The maximum Gasteiger partial charge on any atom is 0.132 e. The number of benzene rings is 2. The molecular formula is C21H27NO4. The minimum Gasteiger partial charge on any atom is -0.497 e. The molecule has 2 aromatic rings. The number of hydrogen-bond acceptors (Lipinski definition) is 5. The van der Waals surface area contributed by atoms with Crippen molar-refractivity contribution >= 4 is 6.21 Å². The van der Waals surface area contributed by atoms with E-state index in [4.69, 9.17) is 19.4 Å². The second-order valence-corrected chi connectivity index (χ2v) is 7.09. The molecule has 0 saturated heterocycles. The lowest BCUT2D eigenvalue weighted by molar-refractivity contribution is 0.213. The van der Waals surface area contributed by atoms with Gasteiger partial charge in [0.2, 0.25) is 0 Å². The van der Waals surface area contributed by atoms with Gasteiger partial charge >= 0.3 is 0 Å². The van der Waals surface area contributed by atoms with Crippen molar-refractivity contribution in [1.82, 2.24) is 0 Å². The van der Waals surface area contributed by atoms with Crippen LogP contribution in [0.5, 0.6) is 17.2 Å². The highest BCUT2D eigenvalue weighted by atomic mass is 16.5. The number of rotatable bonds is 7. The molecule has 0 heterocycles. The molecule has 5 nitrogen and oxygen atoms in total. The van der Waals surface area contributed by atoms with Gasteiger partial charge in [0.15, 0.2) is 0 Å². The van der Waals surface area contributed by atoms with Gasteiger partial charge in [0.1, 0.15) is 30.5 Å². The number of aryl methyl sites for hydroxylation is 1. The van der Waals surface area contributed by atoms with Gasteiger partial charge in [-0.2, -0.15) is 0 Å². The topological polar surface area (TPSA) is 60.3 Å². The van der Waals surface area contributed by atoms with Crippen LogP contribution in [-0.2, 0) is 5.41 Å². The van der Waals surface area contributed by atoms with Gasteiger partial charge in [0.25, 0.3) is 0 Å². The highest BCUT2D eigenvalue weighted by Crippen LogP contribution is 2.32. The van der Waals surface area contributed by atoms with Gasteiger partial charge in [-0.3, -0.25) is 0 Å². The van der Waals surface area contributed by atoms with Crippen LogP contribution in [0.3, 0.4) is 0 Å². The average molecular weight is 357 g/mol. The first-order valence-corrected chi connectivity index (χ1v) is 8.57. The van der Waals surface area contributed by atoms with E-state index in [-0.39, 0.29) is 5.41 Å². The Kier molecular flexibility index (Phi) is 6.50. The van der Waals surface area contributed by atoms with Crippen molar-refractivity contribution < 1.29 is 19.4 Å². The molecular weight excluding hydrogens is 330 g/mol. The fourth-order valence-electron chi connectivity index (χ4n) is 2.59. The second kappa shape index (κ2) is 8.61. The van der Waals surface area contributed by atoms with Crippen molar-refractivity contribution in [2.45, 2.75) is 33.1 Å². The van der Waals surface area contributed by atoms with Crippen LogP contribution >= 0.6 is 0 Å². The molecule has 1 N–H and O–H groups in total. The summed E-state index contributed by atoms with van der Waals surface area (Å²) in [6, 6.07) is 11.5. The first-order valence-electron chi connectivity index (χ1n) is 8.57. The minimum atomic E-state index is -0.000232. The molecule has 0 saturated carbocycles. The molecule has 0 fully saturated rings. The van der Waals surface area contributed by atoms with Crippen LogP contribution in [0.1, 0.15) is 37.5 Å². The molecule has 0 aromatic heterocycles. The zero-order valence-corrected chi connectivity index (χ0v) is 16.1. The summed E-state index contributed by atoms with van der Waals surface area (Å²) in [5, 5.41) is 11.8. The third kappa shape index (κ3) is 5.15. The lowest BCUT2D eigenvalue weighted by Crippen LogP contribution is -2.16. The summed E-state index contributed by atoms with van der Waals surface area (Å²) in [6.45, 7) is 9.34. The molecule has 0 atom stereocenters. The maximum atomic E-state index is 8.78. The fraction of sp³-hybridized carbons (Fsp3) is 0.381. The molecule has 26 heavy (non-hydrogen) atoms. The Bertz CT molecular complexity index is 763. The average Bonchev–Trinajstić information content (AvgIpc) is 2.60. The Hall–Kier alpha value is -2.69. The second-order valence-electron chi connectivity index (χ2n) is 7.09. The quantitative estimate of drug-likeness (QED) is 0.341. The lowest BCUT2D eigenvalue weighted by atomic mass is 9.85. The summed E-state index contributed by atoms with van der Waals surface area (Å²) >= 11 is 0. The Morgan fingerprint density at radius 2 is 1.69 bits per heavy atom. The monoisotopic (exact) mass is 357 g/mol. The van der Waals surface area contributed by atoms with Gasteiger partial charge in [-0.25, -0.2) is 0 Å². The molecule has 0 spiro atoms. The SMILES string of the molecule is COc1ccc(C=NO)c(OCCOc2ccc(C)cc2C(C)(C)C)c1. The molecule has 5 heteroatoms. The van der Waals surface area contributed by atoms with Gasteiger partial charge in [-0.05, 0) is 36.1 Å². The number of ether oxygens (including phenoxy) is 3. The molecule has 2 rings (SSSR count). The summed E-state index contributed by atoms with van der Waals surface area (Å²) in [5.74, 6) is 2.12. The van der Waals surface area contributed by atoms with Crippen molar-refractivity contribution in [3.8, 4) is 17.2 Å². The molecule has 0 bridgehead atoms. The molecule has 0 unspecified atom stereocenters. The lowest BCUT2D eigenvalue weighted by Gasteiger charge is -2.23. The van der Waals surface area contributed by atoms with Gasteiger partial charge < -0.3 is 19.4 Å². The molecule has 0 radical (unpaired) electrons. The Labute approximate surface area is 155 Å². The highest BCUT2D eigenvalue weighted by molar-refractivity contribution is 5.83. The van der Waals surface area contributed by atoms with Crippen LogP contribution in [0.25, 0.3) is 0 Å². The summed E-state index contributed by atoms with van der Waals surface area (Å²) in [5.41, 5.74) is 3.05. The third-order valence-electron chi connectivity index (χ3n) is 3.96. The maximum absolute atomic E-state index is 8.78. The predicted molar refractivity (Wildman–Crippen MR) is 103 cm³/mol. The Morgan fingerprint density at radius 1 is 1.00 bits per heavy atom. The highest BCUT2D eigenvalue weighted by Gasteiger charge is 2.19. The Morgan fingerprint density at radius 3 is 2.31 bits per heavy atom. The standard InChI is InChI=1S/C21H27NO4/c1-15-6-9-19(18(12-15)21(2,3)4)25-10-11-26-20-13-17(24-5)8-7-16(20)14-22-23/h6-9,12-14,23H,10-11H2,1-5H3. The van der Waals surface area contributed by atoms with Gasteiger partial charge in [0, 0.05) is 11.6 Å². The number of nitrogens with zero attached hydrogens (tertiary/aromatic N) is 1. The van der Waals surface area contributed by atoms with E-state index in [0.717, 1.165) is 5.75 Å². The number of oxime groups is 1. The summed E-state index contributed by atoms with van der Waals surface area (Å²) in [7, 11) is 1.59. The first-order chi connectivity index (χ1) is 12.3. The van der Waals surface area contributed by atoms with Crippen LogP contribution in [0.15, 0.2) is 41.6 Å². The van der Waals surface area contributed by atoms with E-state index in [1.165, 1.54) is 17.3 Å². The predicted octanol–water partition coefficient (Wildman–Crippen LogP) is 4.57.